The monoisotopic (exact) mass is 339 g/mol. The summed E-state index contributed by atoms with van der Waals surface area (Å²) in [5.74, 6) is 0. The Bertz CT molecular complexity index is 560. The summed E-state index contributed by atoms with van der Waals surface area (Å²) in [6, 6.07) is 4.56. The fraction of sp³-hybridized carbons (Fsp3) is 0.500. The Morgan fingerprint density at radius 1 is 1.25 bits per heavy atom. The summed E-state index contributed by atoms with van der Waals surface area (Å²) in [6.45, 7) is 4.34. The van der Waals surface area contributed by atoms with Gasteiger partial charge in [0.05, 0.1) is 36.3 Å². The van der Waals surface area contributed by atoms with Gasteiger partial charge in [-0.25, -0.2) is 13.1 Å². The van der Waals surface area contributed by atoms with Crippen LogP contribution in [0.25, 0.3) is 0 Å². The first-order chi connectivity index (χ1) is 9.50. The van der Waals surface area contributed by atoms with Gasteiger partial charge in [-0.05, 0) is 12.1 Å². The maximum atomic E-state index is 12.2. The minimum atomic E-state index is -3.63. The molecule has 0 aromatic heterocycles. The van der Waals surface area contributed by atoms with Crippen molar-refractivity contribution in [1.29, 1.82) is 0 Å². The SMILES string of the molecule is O=S(=O)(NCC[NH+]1CCOCC1)c1cccc(Cl)c1Cl. The van der Waals surface area contributed by atoms with E-state index in [1.807, 2.05) is 0 Å². The molecule has 1 heterocycles. The van der Waals surface area contributed by atoms with Crippen LogP contribution in [0, 0.1) is 0 Å². The van der Waals surface area contributed by atoms with Gasteiger partial charge in [0.25, 0.3) is 0 Å². The highest BCUT2D eigenvalue weighted by molar-refractivity contribution is 7.89. The first-order valence-electron chi connectivity index (χ1n) is 6.36. The van der Waals surface area contributed by atoms with Crippen molar-refractivity contribution in [3.63, 3.8) is 0 Å². The van der Waals surface area contributed by atoms with E-state index in [9.17, 15) is 8.42 Å². The topological polar surface area (TPSA) is 59.8 Å². The standard InChI is InChI=1S/C12H16Cl2N2O3S/c13-10-2-1-3-11(12(10)14)20(17,18)15-4-5-16-6-8-19-9-7-16/h1-3,15H,4-9H2/p+1. The molecule has 0 radical (unpaired) electrons. The average molecular weight is 340 g/mol. The predicted octanol–water partition coefficient (Wildman–Crippen LogP) is 0.187. The quantitative estimate of drug-likeness (QED) is 0.804. The van der Waals surface area contributed by atoms with Crippen molar-refractivity contribution >= 4 is 33.2 Å². The lowest BCUT2D eigenvalue weighted by molar-refractivity contribution is -0.906. The lowest BCUT2D eigenvalue weighted by Gasteiger charge is -2.23. The maximum absolute atomic E-state index is 12.2. The van der Waals surface area contributed by atoms with Crippen molar-refractivity contribution in [2.75, 3.05) is 39.4 Å². The van der Waals surface area contributed by atoms with Gasteiger partial charge in [0.15, 0.2) is 0 Å². The molecule has 20 heavy (non-hydrogen) atoms. The normalized spacial score (nSPS) is 17.3. The Kier molecular flexibility index (Phi) is 5.65. The van der Waals surface area contributed by atoms with E-state index in [0.717, 1.165) is 32.8 Å². The number of halogens is 2. The summed E-state index contributed by atoms with van der Waals surface area (Å²) < 4.78 is 32.1. The van der Waals surface area contributed by atoms with Gasteiger partial charge >= 0.3 is 0 Å². The third kappa shape index (κ3) is 4.07. The molecule has 1 aromatic carbocycles. The number of rotatable bonds is 5. The van der Waals surface area contributed by atoms with Gasteiger partial charge in [0.1, 0.15) is 18.0 Å². The molecule has 0 unspecified atom stereocenters. The smallest absolute Gasteiger partial charge is 0.242 e. The summed E-state index contributed by atoms with van der Waals surface area (Å²) in [5.41, 5.74) is 0. The zero-order valence-electron chi connectivity index (χ0n) is 10.9. The molecular weight excluding hydrogens is 323 g/mol. The minimum absolute atomic E-state index is 0.0173. The maximum Gasteiger partial charge on any atom is 0.242 e. The lowest BCUT2D eigenvalue weighted by Crippen LogP contribution is -3.14. The predicted molar refractivity (Wildman–Crippen MR) is 78.0 cm³/mol. The number of quaternary nitrogens is 1. The first-order valence-corrected chi connectivity index (χ1v) is 8.59. The highest BCUT2D eigenvalue weighted by Crippen LogP contribution is 2.28. The molecule has 0 bridgehead atoms. The number of morpholine rings is 1. The second-order valence-corrected chi connectivity index (χ2v) is 7.08. The van der Waals surface area contributed by atoms with Crippen LogP contribution < -0.4 is 9.62 Å². The van der Waals surface area contributed by atoms with Crippen LogP contribution in [0.2, 0.25) is 10.0 Å². The number of nitrogens with one attached hydrogen (secondary N) is 2. The summed E-state index contributed by atoms with van der Waals surface area (Å²) in [6.07, 6.45) is 0. The zero-order chi connectivity index (χ0) is 14.6. The fourth-order valence-corrected chi connectivity index (χ4v) is 3.83. The Morgan fingerprint density at radius 2 is 1.95 bits per heavy atom. The molecule has 1 aromatic rings. The molecule has 1 aliphatic rings. The lowest BCUT2D eigenvalue weighted by atomic mass is 10.4. The largest absolute Gasteiger partial charge is 0.370 e. The number of benzene rings is 1. The molecule has 0 atom stereocenters. The number of hydrogen-bond acceptors (Lipinski definition) is 3. The molecule has 1 saturated heterocycles. The number of sulfonamides is 1. The van der Waals surface area contributed by atoms with E-state index in [1.54, 1.807) is 12.1 Å². The molecule has 1 fully saturated rings. The molecule has 5 nitrogen and oxygen atoms in total. The summed E-state index contributed by atoms with van der Waals surface area (Å²) in [7, 11) is -3.63. The van der Waals surface area contributed by atoms with E-state index in [1.165, 1.54) is 11.0 Å². The minimum Gasteiger partial charge on any atom is -0.370 e. The van der Waals surface area contributed by atoms with Gasteiger partial charge in [0.2, 0.25) is 10.0 Å². The van der Waals surface area contributed by atoms with Crippen LogP contribution in [0.3, 0.4) is 0 Å². The van der Waals surface area contributed by atoms with Crippen molar-refractivity contribution in [3.8, 4) is 0 Å². The molecule has 8 heteroatoms. The second kappa shape index (κ2) is 7.06. The summed E-state index contributed by atoms with van der Waals surface area (Å²) >= 11 is 11.8. The third-order valence-electron chi connectivity index (χ3n) is 3.18. The molecule has 2 rings (SSSR count). The van der Waals surface area contributed by atoms with Gasteiger partial charge in [-0.15, -0.1) is 0 Å². The highest BCUT2D eigenvalue weighted by atomic mass is 35.5. The van der Waals surface area contributed by atoms with Crippen LogP contribution in [0.5, 0.6) is 0 Å². The second-order valence-electron chi connectivity index (χ2n) is 4.56. The van der Waals surface area contributed by atoms with Gasteiger partial charge in [-0.1, -0.05) is 29.3 Å². The van der Waals surface area contributed by atoms with Crippen molar-refractivity contribution in [2.45, 2.75) is 4.90 Å². The van der Waals surface area contributed by atoms with Gasteiger partial charge in [-0.3, -0.25) is 0 Å². The number of hydrogen-bond donors (Lipinski definition) is 2. The van der Waals surface area contributed by atoms with E-state index in [0.29, 0.717) is 6.54 Å². The Morgan fingerprint density at radius 3 is 2.65 bits per heavy atom. The molecule has 0 spiro atoms. The van der Waals surface area contributed by atoms with E-state index >= 15 is 0 Å². The summed E-state index contributed by atoms with van der Waals surface area (Å²) in [5, 5.41) is 0.286. The van der Waals surface area contributed by atoms with Crippen molar-refractivity contribution in [3.05, 3.63) is 28.2 Å². The van der Waals surface area contributed by atoms with E-state index in [-0.39, 0.29) is 14.9 Å². The van der Waals surface area contributed by atoms with E-state index in [4.69, 9.17) is 27.9 Å². The fourth-order valence-electron chi connectivity index (χ4n) is 2.04. The molecular formula is C12H17Cl2N2O3S+. The average Bonchev–Trinajstić information content (AvgIpc) is 2.42. The molecule has 112 valence electrons. The molecule has 0 amide bonds. The first kappa shape index (κ1) is 16.0. The number of ether oxygens (including phenoxy) is 1. The van der Waals surface area contributed by atoms with Gasteiger partial charge in [-0.2, -0.15) is 0 Å². The Balaban J connectivity index is 1.95. The van der Waals surface area contributed by atoms with Crippen molar-refractivity contribution in [2.24, 2.45) is 0 Å². The Labute approximate surface area is 128 Å². The van der Waals surface area contributed by atoms with Gasteiger partial charge in [0, 0.05) is 0 Å². The van der Waals surface area contributed by atoms with Crippen LogP contribution in [0.1, 0.15) is 0 Å². The molecule has 0 aliphatic carbocycles. The van der Waals surface area contributed by atoms with Crippen LogP contribution in [0.15, 0.2) is 23.1 Å². The third-order valence-corrected chi connectivity index (χ3v) is 5.61. The van der Waals surface area contributed by atoms with E-state index in [2.05, 4.69) is 4.72 Å². The van der Waals surface area contributed by atoms with E-state index < -0.39 is 10.0 Å². The summed E-state index contributed by atoms with van der Waals surface area (Å²) in [4.78, 5) is 1.35. The van der Waals surface area contributed by atoms with Crippen LogP contribution in [0.4, 0.5) is 0 Å². The molecule has 2 N–H and O–H groups in total. The van der Waals surface area contributed by atoms with Crippen LogP contribution in [-0.4, -0.2) is 47.8 Å². The van der Waals surface area contributed by atoms with Crippen molar-refractivity contribution < 1.29 is 18.1 Å². The highest BCUT2D eigenvalue weighted by Gasteiger charge is 2.20. The molecule has 1 aliphatic heterocycles. The Hall–Kier alpha value is -0.370. The van der Waals surface area contributed by atoms with Gasteiger partial charge < -0.3 is 9.64 Å². The van der Waals surface area contributed by atoms with Crippen LogP contribution in [-0.2, 0) is 14.8 Å². The van der Waals surface area contributed by atoms with Crippen molar-refractivity contribution in [1.82, 2.24) is 4.72 Å². The zero-order valence-corrected chi connectivity index (χ0v) is 13.2. The van der Waals surface area contributed by atoms with Crippen LogP contribution >= 0.6 is 23.2 Å². The molecule has 0 saturated carbocycles.